The Bertz CT molecular complexity index is 442. The highest BCUT2D eigenvalue weighted by molar-refractivity contribution is 6.33. The Morgan fingerprint density at radius 1 is 1.32 bits per heavy atom. The summed E-state index contributed by atoms with van der Waals surface area (Å²) in [6, 6.07) is 3.97. The van der Waals surface area contributed by atoms with E-state index in [1.165, 1.54) is 12.8 Å². The summed E-state index contributed by atoms with van der Waals surface area (Å²) in [7, 11) is 3.25. The van der Waals surface area contributed by atoms with Crippen LogP contribution in [0.25, 0.3) is 0 Å². The molecule has 2 rings (SSSR count). The first-order valence-electron chi connectivity index (χ1n) is 6.80. The van der Waals surface area contributed by atoms with E-state index in [1.807, 2.05) is 12.1 Å². The molecule has 1 unspecified atom stereocenters. The molecule has 0 bridgehead atoms. The first kappa shape index (κ1) is 14.5. The molecule has 0 radical (unpaired) electrons. The number of nitrogens with one attached hydrogen (secondary N) is 1. The molecule has 1 saturated heterocycles. The van der Waals surface area contributed by atoms with Gasteiger partial charge in [0.1, 0.15) is 0 Å². The average molecular weight is 284 g/mol. The summed E-state index contributed by atoms with van der Waals surface area (Å²) in [5, 5.41) is 4.30. The zero-order chi connectivity index (χ0) is 13.9. The van der Waals surface area contributed by atoms with Crippen molar-refractivity contribution in [3.63, 3.8) is 0 Å². The molecular weight excluding hydrogens is 262 g/mol. The van der Waals surface area contributed by atoms with Gasteiger partial charge >= 0.3 is 0 Å². The Morgan fingerprint density at radius 3 is 2.63 bits per heavy atom. The van der Waals surface area contributed by atoms with Crippen molar-refractivity contribution in [1.82, 2.24) is 5.32 Å². The van der Waals surface area contributed by atoms with Gasteiger partial charge < -0.3 is 14.8 Å². The van der Waals surface area contributed by atoms with Crippen molar-refractivity contribution in [3.8, 4) is 11.5 Å². The van der Waals surface area contributed by atoms with E-state index < -0.39 is 0 Å². The zero-order valence-electron chi connectivity index (χ0n) is 11.9. The van der Waals surface area contributed by atoms with Gasteiger partial charge in [0.15, 0.2) is 11.5 Å². The highest BCUT2D eigenvalue weighted by Gasteiger charge is 2.32. The molecule has 1 atom stereocenters. The molecule has 3 nitrogen and oxygen atoms in total. The second-order valence-electron chi connectivity index (χ2n) is 5.12. The van der Waals surface area contributed by atoms with Crippen molar-refractivity contribution in [2.24, 2.45) is 0 Å². The van der Waals surface area contributed by atoms with Crippen LogP contribution >= 0.6 is 11.6 Å². The van der Waals surface area contributed by atoms with Gasteiger partial charge in [-0.1, -0.05) is 24.6 Å². The molecular formula is C15H22ClNO2. The van der Waals surface area contributed by atoms with Gasteiger partial charge in [0.2, 0.25) is 0 Å². The zero-order valence-corrected chi connectivity index (χ0v) is 12.6. The van der Waals surface area contributed by atoms with Gasteiger partial charge in [0.25, 0.3) is 0 Å². The third-order valence-corrected chi connectivity index (χ3v) is 4.52. The molecule has 1 aliphatic heterocycles. The monoisotopic (exact) mass is 283 g/mol. The van der Waals surface area contributed by atoms with Gasteiger partial charge in [-0.2, -0.15) is 0 Å². The van der Waals surface area contributed by atoms with Crippen molar-refractivity contribution in [3.05, 3.63) is 22.7 Å². The number of ether oxygens (including phenoxy) is 2. The van der Waals surface area contributed by atoms with Gasteiger partial charge in [-0.15, -0.1) is 0 Å². The minimum Gasteiger partial charge on any atom is -0.493 e. The minimum absolute atomic E-state index is 0.184. The molecule has 0 spiro atoms. The standard InChI is InChI=1S/C15H22ClNO2/c1-4-15(8-5-9-17-15)10-11-6-7-12(18-2)14(19-3)13(11)16/h6-7,17H,4-5,8-10H2,1-3H3. The molecule has 1 heterocycles. The van der Waals surface area contributed by atoms with E-state index >= 15 is 0 Å². The largest absolute Gasteiger partial charge is 0.493 e. The van der Waals surface area contributed by atoms with Gasteiger partial charge in [-0.05, 0) is 43.9 Å². The maximum absolute atomic E-state index is 6.46. The van der Waals surface area contributed by atoms with Crippen LogP contribution in [-0.4, -0.2) is 26.3 Å². The van der Waals surface area contributed by atoms with Gasteiger partial charge in [0.05, 0.1) is 19.2 Å². The van der Waals surface area contributed by atoms with E-state index in [4.69, 9.17) is 21.1 Å². The quantitative estimate of drug-likeness (QED) is 0.898. The smallest absolute Gasteiger partial charge is 0.179 e. The number of rotatable bonds is 5. The molecule has 19 heavy (non-hydrogen) atoms. The van der Waals surface area contributed by atoms with Crippen LogP contribution in [0.4, 0.5) is 0 Å². The fourth-order valence-electron chi connectivity index (χ4n) is 2.88. The Morgan fingerprint density at radius 2 is 2.11 bits per heavy atom. The van der Waals surface area contributed by atoms with Crippen LogP contribution in [0.5, 0.6) is 11.5 Å². The Labute approximate surface area is 120 Å². The van der Waals surface area contributed by atoms with E-state index in [2.05, 4.69) is 12.2 Å². The van der Waals surface area contributed by atoms with Gasteiger partial charge in [-0.3, -0.25) is 0 Å². The van der Waals surface area contributed by atoms with Gasteiger partial charge in [0, 0.05) is 5.54 Å². The summed E-state index contributed by atoms with van der Waals surface area (Å²) in [6.45, 7) is 3.33. The summed E-state index contributed by atoms with van der Waals surface area (Å²) < 4.78 is 10.6. The molecule has 1 fully saturated rings. The molecule has 0 saturated carbocycles. The molecule has 1 aromatic carbocycles. The molecule has 1 N–H and O–H groups in total. The summed E-state index contributed by atoms with van der Waals surface area (Å²) >= 11 is 6.46. The molecule has 1 aliphatic rings. The van der Waals surface area contributed by atoms with Crippen LogP contribution in [0.15, 0.2) is 12.1 Å². The van der Waals surface area contributed by atoms with E-state index in [9.17, 15) is 0 Å². The molecule has 0 aliphatic carbocycles. The molecule has 106 valence electrons. The third-order valence-electron chi connectivity index (χ3n) is 4.10. The lowest BCUT2D eigenvalue weighted by atomic mass is 9.87. The molecule has 0 aromatic heterocycles. The molecule has 1 aromatic rings. The van der Waals surface area contributed by atoms with Gasteiger partial charge in [-0.25, -0.2) is 0 Å². The second kappa shape index (κ2) is 6.02. The van der Waals surface area contributed by atoms with Crippen LogP contribution in [0.1, 0.15) is 31.7 Å². The first-order valence-corrected chi connectivity index (χ1v) is 7.18. The number of methoxy groups -OCH3 is 2. The van der Waals surface area contributed by atoms with E-state index in [-0.39, 0.29) is 5.54 Å². The fraction of sp³-hybridized carbons (Fsp3) is 0.600. The Hall–Kier alpha value is -0.930. The topological polar surface area (TPSA) is 30.5 Å². The fourth-order valence-corrected chi connectivity index (χ4v) is 3.18. The summed E-state index contributed by atoms with van der Waals surface area (Å²) in [5.41, 5.74) is 1.30. The van der Waals surface area contributed by atoms with E-state index in [0.717, 1.165) is 24.9 Å². The molecule has 4 heteroatoms. The Kier molecular flexibility index (Phi) is 4.58. The lowest BCUT2D eigenvalue weighted by Gasteiger charge is -2.29. The number of benzene rings is 1. The highest BCUT2D eigenvalue weighted by Crippen LogP contribution is 2.39. The molecule has 0 amide bonds. The van der Waals surface area contributed by atoms with Crippen LogP contribution in [0, 0.1) is 0 Å². The van der Waals surface area contributed by atoms with E-state index in [1.54, 1.807) is 14.2 Å². The van der Waals surface area contributed by atoms with Crippen molar-refractivity contribution >= 4 is 11.6 Å². The summed E-state index contributed by atoms with van der Waals surface area (Å²) in [4.78, 5) is 0. The maximum atomic E-state index is 6.46. The van der Waals surface area contributed by atoms with Crippen LogP contribution in [-0.2, 0) is 6.42 Å². The lowest BCUT2D eigenvalue weighted by Crippen LogP contribution is -2.41. The van der Waals surface area contributed by atoms with Crippen molar-refractivity contribution in [1.29, 1.82) is 0 Å². The van der Waals surface area contributed by atoms with Crippen LogP contribution in [0.3, 0.4) is 0 Å². The third kappa shape index (κ3) is 2.82. The minimum atomic E-state index is 0.184. The van der Waals surface area contributed by atoms with E-state index in [0.29, 0.717) is 16.5 Å². The van der Waals surface area contributed by atoms with Crippen molar-refractivity contribution in [2.45, 2.75) is 38.1 Å². The summed E-state index contributed by atoms with van der Waals surface area (Å²) in [5.74, 6) is 1.31. The predicted octanol–water partition coefficient (Wildman–Crippen LogP) is 3.43. The highest BCUT2D eigenvalue weighted by atomic mass is 35.5. The Balaban J connectivity index is 2.30. The maximum Gasteiger partial charge on any atom is 0.179 e. The first-order chi connectivity index (χ1) is 9.15. The number of halogens is 1. The normalized spacial score (nSPS) is 22.5. The van der Waals surface area contributed by atoms with Crippen LogP contribution < -0.4 is 14.8 Å². The predicted molar refractivity (Wildman–Crippen MR) is 78.5 cm³/mol. The van der Waals surface area contributed by atoms with Crippen molar-refractivity contribution < 1.29 is 9.47 Å². The number of hydrogen-bond donors (Lipinski definition) is 1. The second-order valence-corrected chi connectivity index (χ2v) is 5.49. The number of hydrogen-bond acceptors (Lipinski definition) is 3. The lowest BCUT2D eigenvalue weighted by molar-refractivity contribution is 0.348. The van der Waals surface area contributed by atoms with Crippen LogP contribution in [0.2, 0.25) is 5.02 Å². The van der Waals surface area contributed by atoms with Crippen molar-refractivity contribution in [2.75, 3.05) is 20.8 Å². The SMILES string of the molecule is CCC1(Cc2ccc(OC)c(OC)c2Cl)CCCN1. The summed E-state index contributed by atoms with van der Waals surface area (Å²) in [6.07, 6.45) is 4.48. The average Bonchev–Trinajstić information content (AvgIpc) is 2.90.